The first kappa shape index (κ1) is 15.6. The molecule has 0 fully saturated rings. The summed E-state index contributed by atoms with van der Waals surface area (Å²) >= 11 is 0. The van der Waals surface area contributed by atoms with E-state index in [2.05, 4.69) is 48.5 Å². The standard InChI is InChI=1S/C21H12O.C2H6O/c22-12-14-10-11-19-17-8-2-5-13-4-1-7-16(20(13)17)18-9-3-6-15(14)21(18)19;1-2-3/h1-12H;3H,2H2,1H3. The van der Waals surface area contributed by atoms with Crippen LogP contribution in [0.25, 0.3) is 43.1 Å². The summed E-state index contributed by atoms with van der Waals surface area (Å²) in [5.41, 5.74) is 0.757. The first-order valence-electron chi connectivity index (χ1n) is 8.44. The van der Waals surface area contributed by atoms with E-state index >= 15 is 0 Å². The highest BCUT2D eigenvalue weighted by atomic mass is 16.2. The molecule has 2 nitrogen and oxygen atoms in total. The second-order valence-electron chi connectivity index (χ2n) is 6.07. The van der Waals surface area contributed by atoms with Crippen LogP contribution in [0.4, 0.5) is 0 Å². The maximum Gasteiger partial charge on any atom is 0.150 e. The first-order valence-corrected chi connectivity index (χ1v) is 8.44. The molecule has 0 radical (unpaired) electrons. The van der Waals surface area contributed by atoms with Crippen molar-refractivity contribution in [2.45, 2.75) is 6.92 Å². The van der Waals surface area contributed by atoms with Crippen molar-refractivity contribution in [3.63, 3.8) is 0 Å². The molecule has 5 aromatic rings. The molecule has 5 aromatic carbocycles. The summed E-state index contributed by atoms with van der Waals surface area (Å²) in [7, 11) is 0. The zero-order chi connectivity index (χ0) is 17.4. The summed E-state index contributed by atoms with van der Waals surface area (Å²) in [5, 5.41) is 17.3. The van der Waals surface area contributed by atoms with Crippen LogP contribution >= 0.6 is 0 Å². The van der Waals surface area contributed by atoms with Crippen LogP contribution in [0.2, 0.25) is 0 Å². The summed E-state index contributed by atoms with van der Waals surface area (Å²) < 4.78 is 0. The Balaban J connectivity index is 0.000000490. The van der Waals surface area contributed by atoms with Crippen molar-refractivity contribution in [2.75, 3.05) is 6.61 Å². The summed E-state index contributed by atoms with van der Waals surface area (Å²) in [6.45, 7) is 1.93. The Bertz CT molecular complexity index is 1150. The molecule has 25 heavy (non-hydrogen) atoms. The molecular formula is C23H18O2. The molecule has 122 valence electrons. The number of fused-ring (bicyclic) bond motifs is 2. The van der Waals surface area contributed by atoms with Crippen LogP contribution in [0.15, 0.2) is 66.7 Å². The van der Waals surface area contributed by atoms with E-state index in [1.165, 1.54) is 37.7 Å². The molecule has 0 aromatic heterocycles. The van der Waals surface area contributed by atoms with Crippen LogP contribution in [-0.4, -0.2) is 18.0 Å². The number of aliphatic hydroxyl groups is 1. The molecule has 0 aliphatic heterocycles. The number of rotatable bonds is 1. The highest BCUT2D eigenvalue weighted by Crippen LogP contribution is 2.40. The van der Waals surface area contributed by atoms with E-state index in [-0.39, 0.29) is 6.61 Å². The summed E-state index contributed by atoms with van der Waals surface area (Å²) in [4.78, 5) is 11.4. The Hall–Kier alpha value is -2.97. The van der Waals surface area contributed by atoms with Gasteiger partial charge in [-0.25, -0.2) is 0 Å². The van der Waals surface area contributed by atoms with Gasteiger partial charge in [-0.1, -0.05) is 66.7 Å². The number of aldehydes is 1. The van der Waals surface area contributed by atoms with Crippen molar-refractivity contribution in [3.8, 4) is 0 Å². The molecular weight excluding hydrogens is 308 g/mol. The lowest BCUT2D eigenvalue weighted by molar-refractivity contribution is 0.112. The highest BCUT2D eigenvalue weighted by Gasteiger charge is 2.13. The Morgan fingerprint density at radius 3 is 1.80 bits per heavy atom. The molecule has 0 aliphatic rings. The van der Waals surface area contributed by atoms with E-state index in [1.807, 2.05) is 18.2 Å². The third-order valence-corrected chi connectivity index (χ3v) is 4.69. The molecule has 0 saturated heterocycles. The quantitative estimate of drug-likeness (QED) is 0.249. The summed E-state index contributed by atoms with van der Waals surface area (Å²) in [6.07, 6.45) is 0.948. The summed E-state index contributed by atoms with van der Waals surface area (Å²) in [6, 6.07) is 23.1. The lowest BCUT2D eigenvalue weighted by atomic mass is 9.88. The van der Waals surface area contributed by atoms with Crippen LogP contribution < -0.4 is 0 Å². The third kappa shape index (κ3) is 2.26. The maximum absolute atomic E-state index is 11.4. The minimum absolute atomic E-state index is 0.250. The van der Waals surface area contributed by atoms with Crippen LogP contribution in [0.5, 0.6) is 0 Å². The van der Waals surface area contributed by atoms with Gasteiger partial charge in [0.25, 0.3) is 0 Å². The van der Waals surface area contributed by atoms with Crippen LogP contribution in [0, 0.1) is 0 Å². The van der Waals surface area contributed by atoms with Crippen molar-refractivity contribution >= 4 is 49.4 Å². The van der Waals surface area contributed by atoms with Crippen LogP contribution in [0.1, 0.15) is 17.3 Å². The number of carbonyl (C=O) groups excluding carboxylic acids is 1. The third-order valence-electron chi connectivity index (χ3n) is 4.69. The first-order chi connectivity index (χ1) is 12.3. The maximum atomic E-state index is 11.4. The molecule has 1 N–H and O–H groups in total. The van der Waals surface area contributed by atoms with Gasteiger partial charge in [0.1, 0.15) is 0 Å². The number of carbonyl (C=O) groups is 1. The number of hydrogen-bond donors (Lipinski definition) is 1. The average Bonchev–Trinajstić information content (AvgIpc) is 2.66. The van der Waals surface area contributed by atoms with Gasteiger partial charge in [-0.15, -0.1) is 0 Å². The Labute approximate surface area is 145 Å². The molecule has 0 amide bonds. The van der Waals surface area contributed by atoms with Crippen LogP contribution in [0.3, 0.4) is 0 Å². The molecule has 0 heterocycles. The van der Waals surface area contributed by atoms with Crippen molar-refractivity contribution in [1.29, 1.82) is 0 Å². The molecule has 0 unspecified atom stereocenters. The van der Waals surface area contributed by atoms with Crippen molar-refractivity contribution in [3.05, 3.63) is 72.3 Å². The number of aliphatic hydroxyl groups excluding tert-OH is 1. The van der Waals surface area contributed by atoms with E-state index in [9.17, 15) is 4.79 Å². The largest absolute Gasteiger partial charge is 0.397 e. The molecule has 5 rings (SSSR count). The predicted octanol–water partition coefficient (Wildman–Crippen LogP) is 5.55. The van der Waals surface area contributed by atoms with Gasteiger partial charge in [-0.2, -0.15) is 0 Å². The lowest BCUT2D eigenvalue weighted by Crippen LogP contribution is -1.89. The zero-order valence-corrected chi connectivity index (χ0v) is 14.0. The van der Waals surface area contributed by atoms with Gasteiger partial charge in [0.2, 0.25) is 0 Å². The second kappa shape index (κ2) is 6.15. The molecule has 0 spiro atoms. The molecule has 0 saturated carbocycles. The van der Waals surface area contributed by atoms with Gasteiger partial charge in [0.05, 0.1) is 0 Å². The Kier molecular flexibility index (Phi) is 3.83. The molecule has 0 aliphatic carbocycles. The topological polar surface area (TPSA) is 37.3 Å². The van der Waals surface area contributed by atoms with E-state index in [0.29, 0.717) is 0 Å². The average molecular weight is 326 g/mol. The van der Waals surface area contributed by atoms with Gasteiger partial charge in [0, 0.05) is 12.2 Å². The second-order valence-corrected chi connectivity index (χ2v) is 6.07. The molecule has 0 bridgehead atoms. The monoisotopic (exact) mass is 326 g/mol. The van der Waals surface area contributed by atoms with E-state index in [0.717, 1.165) is 17.2 Å². The van der Waals surface area contributed by atoms with Gasteiger partial charge in [-0.05, 0) is 50.0 Å². The van der Waals surface area contributed by atoms with Crippen molar-refractivity contribution in [1.82, 2.24) is 0 Å². The smallest absolute Gasteiger partial charge is 0.150 e. The normalized spacial score (nSPS) is 11.1. The fourth-order valence-corrected chi connectivity index (χ4v) is 3.77. The van der Waals surface area contributed by atoms with E-state index in [4.69, 9.17) is 5.11 Å². The summed E-state index contributed by atoms with van der Waals surface area (Å²) in [5.74, 6) is 0. The van der Waals surface area contributed by atoms with Crippen molar-refractivity contribution in [2.24, 2.45) is 0 Å². The van der Waals surface area contributed by atoms with Gasteiger partial charge >= 0.3 is 0 Å². The van der Waals surface area contributed by atoms with Gasteiger partial charge < -0.3 is 5.11 Å². The molecule has 2 heteroatoms. The zero-order valence-electron chi connectivity index (χ0n) is 14.0. The van der Waals surface area contributed by atoms with Crippen molar-refractivity contribution < 1.29 is 9.90 Å². The fourth-order valence-electron chi connectivity index (χ4n) is 3.77. The SMILES string of the molecule is CCO.O=Cc1ccc2c3cccc4cccc(c5cccc1c52)c43. The van der Waals surface area contributed by atoms with Crippen LogP contribution in [-0.2, 0) is 0 Å². The fraction of sp³-hybridized carbons (Fsp3) is 0.0870. The van der Waals surface area contributed by atoms with Gasteiger partial charge in [0.15, 0.2) is 6.29 Å². The number of benzene rings is 5. The lowest BCUT2D eigenvalue weighted by Gasteiger charge is -2.14. The van der Waals surface area contributed by atoms with E-state index < -0.39 is 0 Å². The predicted molar refractivity (Wildman–Crippen MR) is 106 cm³/mol. The number of hydrogen-bond acceptors (Lipinski definition) is 2. The molecule has 0 atom stereocenters. The Morgan fingerprint density at radius 2 is 1.20 bits per heavy atom. The highest BCUT2D eigenvalue weighted by molar-refractivity contribution is 6.33. The van der Waals surface area contributed by atoms with E-state index in [1.54, 1.807) is 6.92 Å². The van der Waals surface area contributed by atoms with Gasteiger partial charge in [-0.3, -0.25) is 4.79 Å². The Morgan fingerprint density at radius 1 is 0.720 bits per heavy atom. The minimum atomic E-state index is 0.250. The minimum Gasteiger partial charge on any atom is -0.397 e.